The third-order valence-electron chi connectivity index (χ3n) is 3.84. The van der Waals surface area contributed by atoms with Crippen LogP contribution in [0.1, 0.15) is 32.6 Å². The Morgan fingerprint density at radius 2 is 1.84 bits per heavy atom. The Labute approximate surface area is 115 Å². The van der Waals surface area contributed by atoms with E-state index in [1.54, 1.807) is 4.31 Å². The molecule has 0 aliphatic carbocycles. The van der Waals surface area contributed by atoms with E-state index in [1.165, 1.54) is 4.31 Å². The molecule has 0 aromatic rings. The second-order valence-corrected chi connectivity index (χ2v) is 7.26. The Hall–Kier alpha value is -0.210. The molecule has 0 radical (unpaired) electrons. The molecule has 0 aromatic carbocycles. The predicted octanol–water partition coefficient (Wildman–Crippen LogP) is 0.189. The van der Waals surface area contributed by atoms with Crippen LogP contribution in [0.4, 0.5) is 0 Å². The molecular weight excluding hydrogens is 268 g/mol. The molecule has 0 amide bonds. The van der Waals surface area contributed by atoms with Crippen LogP contribution in [0, 0.1) is 0 Å². The Kier molecular flexibility index (Phi) is 5.19. The summed E-state index contributed by atoms with van der Waals surface area (Å²) < 4.78 is 33.8. The van der Waals surface area contributed by atoms with E-state index in [2.05, 4.69) is 0 Å². The minimum Gasteiger partial charge on any atom is -0.394 e. The highest BCUT2D eigenvalue weighted by Gasteiger charge is 2.37. The third-order valence-corrected chi connectivity index (χ3v) is 5.96. The summed E-state index contributed by atoms with van der Waals surface area (Å²) >= 11 is 0. The first-order valence-corrected chi connectivity index (χ1v) is 8.45. The molecule has 7 heteroatoms. The van der Waals surface area contributed by atoms with Gasteiger partial charge in [-0.25, -0.2) is 0 Å². The zero-order chi connectivity index (χ0) is 13.9. The molecule has 6 nitrogen and oxygen atoms in total. The topological polar surface area (TPSA) is 70.1 Å². The van der Waals surface area contributed by atoms with Crippen LogP contribution in [-0.4, -0.2) is 67.1 Å². The van der Waals surface area contributed by atoms with Crippen molar-refractivity contribution in [3.8, 4) is 0 Å². The van der Waals surface area contributed by atoms with E-state index < -0.39 is 16.3 Å². The van der Waals surface area contributed by atoms with Gasteiger partial charge in [-0.15, -0.1) is 0 Å². The van der Waals surface area contributed by atoms with Crippen molar-refractivity contribution in [1.29, 1.82) is 0 Å². The number of aliphatic hydroxyl groups is 1. The van der Waals surface area contributed by atoms with E-state index in [0.29, 0.717) is 19.7 Å². The third kappa shape index (κ3) is 3.46. The molecule has 0 spiro atoms. The molecule has 2 aliphatic heterocycles. The standard InChI is InChI=1S/C12H24N2O4S/c1-11-10-18-12(9-15)8-14(11)19(16,17)13-6-4-2-3-5-7-13/h11-12,15H,2-10H2,1H3. The maximum absolute atomic E-state index is 12.7. The highest BCUT2D eigenvalue weighted by molar-refractivity contribution is 7.86. The van der Waals surface area contributed by atoms with Crippen molar-refractivity contribution in [2.45, 2.75) is 44.8 Å². The van der Waals surface area contributed by atoms with E-state index in [1.807, 2.05) is 6.92 Å². The van der Waals surface area contributed by atoms with Gasteiger partial charge in [-0.05, 0) is 19.8 Å². The zero-order valence-electron chi connectivity index (χ0n) is 11.5. The Bertz CT molecular complexity index is 379. The van der Waals surface area contributed by atoms with E-state index in [0.717, 1.165) is 25.7 Å². The van der Waals surface area contributed by atoms with Gasteiger partial charge in [0.15, 0.2) is 0 Å². The van der Waals surface area contributed by atoms with E-state index in [-0.39, 0.29) is 19.2 Å². The van der Waals surface area contributed by atoms with E-state index >= 15 is 0 Å². The summed E-state index contributed by atoms with van der Waals surface area (Å²) in [7, 11) is -3.43. The van der Waals surface area contributed by atoms with Gasteiger partial charge in [0.25, 0.3) is 10.2 Å². The minimum absolute atomic E-state index is 0.140. The van der Waals surface area contributed by atoms with Gasteiger partial charge in [-0.3, -0.25) is 0 Å². The Morgan fingerprint density at radius 3 is 2.42 bits per heavy atom. The van der Waals surface area contributed by atoms with Crippen molar-refractivity contribution in [2.75, 3.05) is 32.8 Å². The quantitative estimate of drug-likeness (QED) is 0.806. The second-order valence-electron chi connectivity index (χ2n) is 5.38. The maximum Gasteiger partial charge on any atom is 0.282 e. The minimum atomic E-state index is -3.43. The largest absolute Gasteiger partial charge is 0.394 e. The molecule has 112 valence electrons. The van der Waals surface area contributed by atoms with Crippen molar-refractivity contribution >= 4 is 10.2 Å². The zero-order valence-corrected chi connectivity index (χ0v) is 12.3. The number of hydrogen-bond donors (Lipinski definition) is 1. The molecule has 2 rings (SSSR count). The molecule has 2 fully saturated rings. The molecule has 2 atom stereocenters. The van der Waals surface area contributed by atoms with Crippen molar-refractivity contribution in [3.05, 3.63) is 0 Å². The number of nitrogens with zero attached hydrogens (tertiary/aromatic N) is 2. The van der Waals surface area contributed by atoms with Crippen LogP contribution in [0.15, 0.2) is 0 Å². The molecule has 19 heavy (non-hydrogen) atoms. The van der Waals surface area contributed by atoms with Crippen LogP contribution in [0.2, 0.25) is 0 Å². The van der Waals surface area contributed by atoms with Crippen LogP contribution >= 0.6 is 0 Å². The van der Waals surface area contributed by atoms with Crippen LogP contribution in [0.3, 0.4) is 0 Å². The number of ether oxygens (including phenoxy) is 1. The maximum atomic E-state index is 12.7. The summed E-state index contributed by atoms with van der Waals surface area (Å²) in [5, 5.41) is 9.16. The summed E-state index contributed by atoms with van der Waals surface area (Å²) in [6.07, 6.45) is 3.66. The van der Waals surface area contributed by atoms with Gasteiger partial charge in [-0.2, -0.15) is 17.0 Å². The fourth-order valence-electron chi connectivity index (χ4n) is 2.64. The summed E-state index contributed by atoms with van der Waals surface area (Å²) in [5.74, 6) is 0. The molecule has 0 bridgehead atoms. The van der Waals surface area contributed by atoms with E-state index in [9.17, 15) is 8.42 Å². The monoisotopic (exact) mass is 292 g/mol. The van der Waals surface area contributed by atoms with Gasteiger partial charge >= 0.3 is 0 Å². The molecular formula is C12H24N2O4S. The lowest BCUT2D eigenvalue weighted by Gasteiger charge is -2.38. The molecule has 0 aromatic heterocycles. The highest BCUT2D eigenvalue weighted by atomic mass is 32.2. The normalized spacial score (nSPS) is 32.1. The molecule has 1 N–H and O–H groups in total. The first kappa shape index (κ1) is 15.2. The summed E-state index contributed by atoms with van der Waals surface area (Å²) in [6.45, 7) is 3.52. The molecule has 2 aliphatic rings. The van der Waals surface area contributed by atoms with Gasteiger partial charge in [-0.1, -0.05) is 12.8 Å². The average Bonchev–Trinajstić information content (AvgIpc) is 2.68. The average molecular weight is 292 g/mol. The van der Waals surface area contributed by atoms with Crippen molar-refractivity contribution in [1.82, 2.24) is 8.61 Å². The molecule has 2 heterocycles. The lowest BCUT2D eigenvalue weighted by molar-refractivity contribution is -0.0530. The van der Waals surface area contributed by atoms with E-state index in [4.69, 9.17) is 9.84 Å². The van der Waals surface area contributed by atoms with Crippen molar-refractivity contribution in [2.24, 2.45) is 0 Å². The number of rotatable bonds is 3. The number of morpholine rings is 1. The highest BCUT2D eigenvalue weighted by Crippen LogP contribution is 2.21. The van der Waals surface area contributed by atoms with Gasteiger partial charge in [0.05, 0.1) is 19.3 Å². The van der Waals surface area contributed by atoms with Gasteiger partial charge < -0.3 is 9.84 Å². The first-order chi connectivity index (χ1) is 9.05. The second kappa shape index (κ2) is 6.49. The first-order valence-electron chi connectivity index (χ1n) is 7.05. The van der Waals surface area contributed by atoms with Crippen LogP contribution in [-0.2, 0) is 14.9 Å². The van der Waals surface area contributed by atoms with Crippen LogP contribution in [0.25, 0.3) is 0 Å². The molecule has 2 unspecified atom stereocenters. The molecule has 0 saturated carbocycles. The summed E-state index contributed by atoms with van der Waals surface area (Å²) in [6, 6.07) is -0.170. The SMILES string of the molecule is CC1COC(CO)CN1S(=O)(=O)N1CCCCCC1. The van der Waals surface area contributed by atoms with Crippen molar-refractivity contribution < 1.29 is 18.3 Å². The fourth-order valence-corrected chi connectivity index (χ4v) is 4.53. The Morgan fingerprint density at radius 1 is 1.21 bits per heavy atom. The van der Waals surface area contributed by atoms with Crippen LogP contribution < -0.4 is 0 Å². The lowest BCUT2D eigenvalue weighted by atomic mass is 10.2. The summed E-state index contributed by atoms with van der Waals surface area (Å²) in [5.41, 5.74) is 0. The smallest absolute Gasteiger partial charge is 0.282 e. The Balaban J connectivity index is 2.12. The molecule has 2 saturated heterocycles. The van der Waals surface area contributed by atoms with Crippen LogP contribution in [0.5, 0.6) is 0 Å². The summed E-state index contributed by atoms with van der Waals surface area (Å²) in [4.78, 5) is 0. The lowest BCUT2D eigenvalue weighted by Crippen LogP contribution is -2.56. The van der Waals surface area contributed by atoms with Gasteiger partial charge in [0, 0.05) is 25.7 Å². The fraction of sp³-hybridized carbons (Fsp3) is 1.00. The van der Waals surface area contributed by atoms with Crippen molar-refractivity contribution in [3.63, 3.8) is 0 Å². The predicted molar refractivity (Wildman–Crippen MR) is 72.0 cm³/mol. The number of hydrogen-bond acceptors (Lipinski definition) is 4. The number of aliphatic hydroxyl groups excluding tert-OH is 1. The van der Waals surface area contributed by atoms with Gasteiger partial charge in [0.1, 0.15) is 0 Å². The van der Waals surface area contributed by atoms with Gasteiger partial charge in [0.2, 0.25) is 0 Å².